The molecule has 0 amide bonds. The Morgan fingerprint density at radius 2 is 0.632 bits per heavy atom. The molecule has 0 rings (SSSR count). The molecule has 0 aliphatic carbocycles. The van der Waals surface area contributed by atoms with Gasteiger partial charge in [-0.2, -0.15) is 0 Å². The van der Waals surface area contributed by atoms with Crippen LogP contribution in [0.15, 0.2) is 109 Å². The van der Waals surface area contributed by atoms with Gasteiger partial charge in [-0.3, -0.25) is 18.6 Å². The van der Waals surface area contributed by atoms with Crippen LogP contribution < -0.4 is 5.73 Å². The van der Waals surface area contributed by atoms with Crippen molar-refractivity contribution in [3.05, 3.63) is 109 Å². The second-order valence-electron chi connectivity index (χ2n) is 24.1. The summed E-state index contributed by atoms with van der Waals surface area (Å²) < 4.78 is 33.2. The van der Waals surface area contributed by atoms with Crippen molar-refractivity contribution in [2.24, 2.45) is 5.73 Å². The molecule has 10 heteroatoms. The zero-order valence-corrected chi connectivity index (χ0v) is 57.4. The van der Waals surface area contributed by atoms with Crippen molar-refractivity contribution in [1.82, 2.24) is 0 Å². The minimum atomic E-state index is -4.41. The van der Waals surface area contributed by atoms with Crippen LogP contribution in [0.5, 0.6) is 0 Å². The van der Waals surface area contributed by atoms with Crippen molar-refractivity contribution in [2.75, 3.05) is 26.4 Å². The van der Waals surface area contributed by atoms with Crippen LogP contribution in [-0.2, 0) is 32.7 Å². The molecule has 2 atom stereocenters. The molecule has 0 aromatic carbocycles. The fourth-order valence-electron chi connectivity index (χ4n) is 10.3. The molecule has 9 nitrogen and oxygen atoms in total. The van der Waals surface area contributed by atoms with Crippen molar-refractivity contribution in [2.45, 2.75) is 341 Å². The number of ether oxygens (including phenoxy) is 2. The highest BCUT2D eigenvalue weighted by atomic mass is 31.2. The van der Waals surface area contributed by atoms with Crippen LogP contribution in [0, 0.1) is 0 Å². The molecular formula is C77H136NO8P. The standard InChI is InChI=1S/C77H136NO8P/c1-3-5-7-9-11-13-15-17-19-21-23-25-27-29-31-33-34-35-36-37-38-39-40-42-43-45-47-49-51-53-55-57-59-61-63-65-67-69-76(79)83-73-75(74-85-87(81,82)84-72-71-78)86-77(80)70-68-66-64-62-60-58-56-54-52-50-48-46-44-41-32-30-28-26-24-22-20-18-16-14-12-10-8-6-4-2/h6,8,12,14,18,20-21,23-24,26,30,32,44,46,50,52,56,58,75H,3-5,7,9-11,13,15-17,19,22,25,27-29,31,33-43,45,47-49,51,53-55,57,59-74,78H2,1-2H3,(H,81,82)/b8-6-,14-12-,20-18-,23-21-,26-24-,32-30-,46-44-,52-50-,58-56-. The number of nitrogens with two attached hydrogens (primary N) is 1. The zero-order chi connectivity index (χ0) is 63.0. The number of hydrogen-bond donors (Lipinski definition) is 2. The highest BCUT2D eigenvalue weighted by Gasteiger charge is 2.26. The van der Waals surface area contributed by atoms with E-state index < -0.39 is 26.5 Å². The molecule has 0 aliphatic rings. The first kappa shape index (κ1) is 83.7. The number of phosphoric acid groups is 1. The van der Waals surface area contributed by atoms with E-state index in [0.717, 1.165) is 96.3 Å². The van der Waals surface area contributed by atoms with Gasteiger partial charge in [-0.25, -0.2) is 4.57 Å². The Labute approximate surface area is 537 Å². The van der Waals surface area contributed by atoms with Gasteiger partial charge in [-0.05, 0) is 103 Å². The lowest BCUT2D eigenvalue weighted by atomic mass is 10.0. The van der Waals surface area contributed by atoms with E-state index in [1.165, 1.54) is 205 Å². The zero-order valence-electron chi connectivity index (χ0n) is 56.5. The molecule has 0 aromatic heterocycles. The molecule has 0 fully saturated rings. The van der Waals surface area contributed by atoms with E-state index >= 15 is 0 Å². The van der Waals surface area contributed by atoms with Crippen molar-refractivity contribution < 1.29 is 37.6 Å². The smallest absolute Gasteiger partial charge is 0.462 e. The molecular weight excluding hydrogens is 1100 g/mol. The van der Waals surface area contributed by atoms with E-state index in [-0.39, 0.29) is 38.6 Å². The third kappa shape index (κ3) is 71.6. The van der Waals surface area contributed by atoms with Crippen LogP contribution in [0.25, 0.3) is 0 Å². The van der Waals surface area contributed by atoms with Crippen LogP contribution in [0.2, 0.25) is 0 Å². The first-order chi connectivity index (χ1) is 42.8. The molecule has 2 unspecified atom stereocenters. The summed E-state index contributed by atoms with van der Waals surface area (Å²) in [6.45, 7) is 3.63. The molecule has 0 saturated heterocycles. The Hall–Kier alpha value is -3.33. The average Bonchev–Trinajstić information content (AvgIpc) is 3.63. The van der Waals surface area contributed by atoms with Crippen molar-refractivity contribution in [1.29, 1.82) is 0 Å². The minimum Gasteiger partial charge on any atom is -0.462 e. The van der Waals surface area contributed by atoms with Gasteiger partial charge in [0.25, 0.3) is 0 Å². The maximum Gasteiger partial charge on any atom is 0.472 e. The summed E-state index contributed by atoms with van der Waals surface area (Å²) in [4.78, 5) is 35.4. The van der Waals surface area contributed by atoms with Crippen molar-refractivity contribution in [3.63, 3.8) is 0 Å². The topological polar surface area (TPSA) is 134 Å². The number of rotatable bonds is 68. The fourth-order valence-corrected chi connectivity index (χ4v) is 11.1. The molecule has 0 spiro atoms. The van der Waals surface area contributed by atoms with Gasteiger partial charge in [0.15, 0.2) is 6.10 Å². The van der Waals surface area contributed by atoms with Gasteiger partial charge in [-0.1, -0.05) is 329 Å². The van der Waals surface area contributed by atoms with Gasteiger partial charge in [0.2, 0.25) is 0 Å². The number of unbranched alkanes of at least 4 members (excludes halogenated alkanes) is 37. The van der Waals surface area contributed by atoms with E-state index in [9.17, 15) is 19.0 Å². The van der Waals surface area contributed by atoms with Gasteiger partial charge < -0.3 is 20.1 Å². The van der Waals surface area contributed by atoms with Crippen LogP contribution >= 0.6 is 7.82 Å². The Balaban J connectivity index is 3.88. The second kappa shape index (κ2) is 71.7. The van der Waals surface area contributed by atoms with Crippen molar-refractivity contribution >= 4 is 19.8 Å². The fraction of sp³-hybridized carbons (Fsp3) is 0.740. The Morgan fingerprint density at radius 3 is 0.954 bits per heavy atom. The van der Waals surface area contributed by atoms with Gasteiger partial charge in [0.1, 0.15) is 6.61 Å². The summed E-state index contributed by atoms with van der Waals surface area (Å²) in [5.74, 6) is -0.851. The van der Waals surface area contributed by atoms with Gasteiger partial charge in [0.05, 0.1) is 13.2 Å². The SMILES string of the molecule is CC/C=C\C/C=C\C/C=C\C/C=C\C/C=C\C/C=C\C/C=C\C/C=C\CCCCCCC(=O)OC(COC(=O)CCCCCCCCCCCCCCCCCCCCCCCCCCC/C=C\CCCCCCCCCC)COP(=O)(O)OCCN. The summed E-state index contributed by atoms with van der Waals surface area (Å²) >= 11 is 0. The minimum absolute atomic E-state index is 0.0446. The molecule has 0 saturated carbocycles. The predicted octanol–water partition coefficient (Wildman–Crippen LogP) is 24.1. The first-order valence-corrected chi connectivity index (χ1v) is 37.9. The summed E-state index contributed by atoms with van der Waals surface area (Å²) in [6, 6.07) is 0. The molecule has 0 bridgehead atoms. The first-order valence-electron chi connectivity index (χ1n) is 36.4. The Bertz CT molecular complexity index is 1800. The second-order valence-corrected chi connectivity index (χ2v) is 25.5. The molecule has 87 heavy (non-hydrogen) atoms. The maximum absolute atomic E-state index is 12.8. The molecule has 3 N–H and O–H groups in total. The third-order valence-electron chi connectivity index (χ3n) is 15.6. The lowest BCUT2D eigenvalue weighted by molar-refractivity contribution is -0.161. The summed E-state index contributed by atoms with van der Waals surface area (Å²) in [5.41, 5.74) is 5.40. The van der Waals surface area contributed by atoms with Crippen LogP contribution in [-0.4, -0.2) is 49.3 Å². The highest BCUT2D eigenvalue weighted by Crippen LogP contribution is 2.43. The van der Waals surface area contributed by atoms with E-state index in [2.05, 4.69) is 123 Å². The number of hydrogen-bond acceptors (Lipinski definition) is 8. The Kier molecular flexibility index (Phi) is 69.0. The molecule has 0 radical (unpaired) electrons. The average molecular weight is 1230 g/mol. The third-order valence-corrected chi connectivity index (χ3v) is 16.6. The number of carbonyl (C=O) groups is 2. The normalized spacial score (nSPS) is 13.6. The van der Waals surface area contributed by atoms with Crippen LogP contribution in [0.3, 0.4) is 0 Å². The molecule has 0 heterocycles. The lowest BCUT2D eigenvalue weighted by Crippen LogP contribution is -2.29. The van der Waals surface area contributed by atoms with Gasteiger partial charge >= 0.3 is 19.8 Å². The maximum atomic E-state index is 12.8. The quantitative estimate of drug-likeness (QED) is 0.0264. The van der Waals surface area contributed by atoms with Gasteiger partial charge in [0, 0.05) is 19.4 Å². The van der Waals surface area contributed by atoms with Crippen LogP contribution in [0.4, 0.5) is 0 Å². The molecule has 502 valence electrons. The number of carbonyl (C=O) groups excluding carboxylic acids is 2. The number of esters is 2. The highest BCUT2D eigenvalue weighted by molar-refractivity contribution is 7.47. The summed E-state index contributed by atoms with van der Waals surface area (Å²) in [5, 5.41) is 0. The predicted molar refractivity (Wildman–Crippen MR) is 376 cm³/mol. The Morgan fingerprint density at radius 1 is 0.356 bits per heavy atom. The van der Waals surface area contributed by atoms with Gasteiger partial charge in [-0.15, -0.1) is 0 Å². The largest absolute Gasteiger partial charge is 0.472 e. The number of phosphoric ester groups is 1. The van der Waals surface area contributed by atoms with E-state index in [1.807, 2.05) is 0 Å². The van der Waals surface area contributed by atoms with E-state index in [4.69, 9.17) is 24.3 Å². The van der Waals surface area contributed by atoms with E-state index in [1.54, 1.807) is 0 Å². The van der Waals surface area contributed by atoms with Crippen LogP contribution in [0.1, 0.15) is 335 Å². The number of allylic oxidation sites excluding steroid dienone is 18. The lowest BCUT2D eigenvalue weighted by Gasteiger charge is -2.19. The summed E-state index contributed by atoms with van der Waals surface area (Å²) in [7, 11) is -4.41. The van der Waals surface area contributed by atoms with E-state index in [0.29, 0.717) is 6.42 Å². The monoisotopic (exact) mass is 1230 g/mol. The van der Waals surface area contributed by atoms with Crippen molar-refractivity contribution in [3.8, 4) is 0 Å². The molecule has 0 aromatic rings. The molecule has 0 aliphatic heterocycles. The summed E-state index contributed by atoms with van der Waals surface area (Å²) in [6.07, 6.45) is 99.2.